The number of rotatable bonds is 6. The molecule has 0 unspecified atom stereocenters. The third kappa shape index (κ3) is 4.75. The number of hydrogen-bond donors (Lipinski definition) is 1. The fourth-order valence-corrected chi connectivity index (χ4v) is 2.09. The van der Waals surface area contributed by atoms with Crippen molar-refractivity contribution >= 4 is 11.9 Å². The van der Waals surface area contributed by atoms with Crippen LogP contribution in [-0.2, 0) is 0 Å². The van der Waals surface area contributed by atoms with Crippen LogP contribution < -0.4 is 0 Å². The molecule has 1 aliphatic rings. The Morgan fingerprint density at radius 2 is 1.68 bits per heavy atom. The summed E-state index contributed by atoms with van der Waals surface area (Å²) in [6.45, 7) is -0.0604. The van der Waals surface area contributed by atoms with E-state index in [1.165, 1.54) is 29.2 Å². The summed E-state index contributed by atoms with van der Waals surface area (Å²) in [5.41, 5.74) is 0.230. The Balaban J connectivity index is 2.07. The normalized spacial score (nSPS) is 14.7. The predicted octanol–water partition coefficient (Wildman–Crippen LogP) is 3.19. The average Bonchev–Trinajstić information content (AvgIpc) is 3.26. The van der Waals surface area contributed by atoms with Crippen LogP contribution >= 0.6 is 0 Å². The molecule has 0 aliphatic heterocycles. The zero-order valence-corrected chi connectivity index (χ0v) is 11.8. The topological polar surface area (TPSA) is 57.6 Å². The van der Waals surface area contributed by atoms with Crippen molar-refractivity contribution in [2.45, 2.75) is 25.4 Å². The smallest absolute Gasteiger partial charge is 0.390 e. The Hall–Kier alpha value is -2.05. The molecule has 1 N–H and O–H groups in total. The van der Waals surface area contributed by atoms with E-state index < -0.39 is 24.5 Å². The summed E-state index contributed by atoms with van der Waals surface area (Å²) in [5, 5.41) is 8.80. The van der Waals surface area contributed by atoms with Crippen LogP contribution in [0.2, 0.25) is 0 Å². The molecule has 0 bridgehead atoms. The van der Waals surface area contributed by atoms with Crippen LogP contribution in [0.5, 0.6) is 0 Å². The molecular weight excluding hydrogens is 299 g/mol. The van der Waals surface area contributed by atoms with Gasteiger partial charge in [-0.2, -0.15) is 13.2 Å². The number of nitrogens with zero attached hydrogens (tertiary/aromatic N) is 1. The lowest BCUT2D eigenvalue weighted by atomic mass is 10.1. The zero-order valence-electron chi connectivity index (χ0n) is 11.8. The van der Waals surface area contributed by atoms with Crippen molar-refractivity contribution in [1.82, 2.24) is 4.90 Å². The monoisotopic (exact) mass is 315 g/mol. The first-order chi connectivity index (χ1) is 10.3. The molecule has 1 saturated carbocycles. The molecule has 1 aliphatic carbocycles. The van der Waals surface area contributed by atoms with Crippen LogP contribution in [0.3, 0.4) is 0 Å². The lowest BCUT2D eigenvalue weighted by Crippen LogP contribution is -2.35. The molecule has 0 aromatic heterocycles. The van der Waals surface area contributed by atoms with Gasteiger partial charge in [0.1, 0.15) is 0 Å². The Kier molecular flexibility index (Phi) is 4.73. The van der Waals surface area contributed by atoms with Crippen molar-refractivity contribution in [3.05, 3.63) is 35.4 Å². The van der Waals surface area contributed by atoms with Gasteiger partial charge in [0.25, 0.3) is 5.91 Å². The number of carboxylic acids is 1. The summed E-state index contributed by atoms with van der Waals surface area (Å²) in [6, 6.07) is 5.21. The second-order valence-corrected chi connectivity index (χ2v) is 5.44. The molecule has 1 aromatic rings. The maximum Gasteiger partial charge on any atom is 0.390 e. The first kappa shape index (κ1) is 16.3. The minimum absolute atomic E-state index is 0.0283. The Bertz CT molecular complexity index is 550. The molecule has 120 valence electrons. The van der Waals surface area contributed by atoms with Gasteiger partial charge in [-0.15, -0.1) is 0 Å². The summed E-state index contributed by atoms with van der Waals surface area (Å²) in [6.07, 6.45) is -3.50. The lowest BCUT2D eigenvalue weighted by Gasteiger charge is -2.23. The van der Waals surface area contributed by atoms with E-state index in [1.807, 2.05) is 0 Å². The molecule has 0 radical (unpaired) electrons. The molecular formula is C15H16F3NO3. The number of carbonyl (C=O) groups excluding carboxylic acids is 1. The number of hydrogen-bond acceptors (Lipinski definition) is 2. The van der Waals surface area contributed by atoms with Crippen LogP contribution in [0.4, 0.5) is 13.2 Å². The minimum Gasteiger partial charge on any atom is -0.478 e. The average molecular weight is 315 g/mol. The van der Waals surface area contributed by atoms with E-state index in [2.05, 4.69) is 0 Å². The van der Waals surface area contributed by atoms with E-state index in [1.54, 1.807) is 0 Å². The molecule has 1 aromatic carbocycles. The van der Waals surface area contributed by atoms with Crippen molar-refractivity contribution in [2.24, 2.45) is 5.92 Å². The minimum atomic E-state index is -4.31. The highest BCUT2D eigenvalue weighted by Crippen LogP contribution is 2.31. The number of halogens is 3. The van der Waals surface area contributed by atoms with Gasteiger partial charge in [-0.05, 0) is 43.0 Å². The van der Waals surface area contributed by atoms with Crippen LogP contribution in [-0.4, -0.2) is 41.1 Å². The number of alkyl halides is 3. The van der Waals surface area contributed by atoms with Gasteiger partial charge >= 0.3 is 12.1 Å². The van der Waals surface area contributed by atoms with Gasteiger partial charge in [0.05, 0.1) is 12.0 Å². The third-order valence-corrected chi connectivity index (χ3v) is 3.51. The third-order valence-electron chi connectivity index (χ3n) is 3.51. The van der Waals surface area contributed by atoms with E-state index in [4.69, 9.17) is 5.11 Å². The van der Waals surface area contributed by atoms with E-state index in [9.17, 15) is 22.8 Å². The summed E-state index contributed by atoms with van der Waals surface area (Å²) in [7, 11) is 0. The van der Waals surface area contributed by atoms with Gasteiger partial charge in [-0.25, -0.2) is 4.79 Å². The number of carbonyl (C=O) groups is 2. The van der Waals surface area contributed by atoms with Gasteiger partial charge in [0.15, 0.2) is 0 Å². The molecule has 0 spiro atoms. The number of amides is 1. The molecule has 2 rings (SSSR count). The maximum atomic E-state index is 12.4. The van der Waals surface area contributed by atoms with Gasteiger partial charge in [0.2, 0.25) is 0 Å². The van der Waals surface area contributed by atoms with Gasteiger partial charge in [0, 0.05) is 18.7 Å². The highest BCUT2D eigenvalue weighted by atomic mass is 19.4. The van der Waals surface area contributed by atoms with Crippen LogP contribution in [0, 0.1) is 5.92 Å². The summed E-state index contributed by atoms with van der Waals surface area (Å²) in [4.78, 5) is 24.3. The summed E-state index contributed by atoms with van der Waals surface area (Å²) in [5.74, 6) is -1.34. The Labute approximate surface area is 125 Å². The van der Waals surface area contributed by atoms with E-state index in [0.717, 1.165) is 12.8 Å². The number of aromatic carboxylic acids is 1. The van der Waals surface area contributed by atoms with Crippen molar-refractivity contribution in [3.8, 4) is 0 Å². The standard InChI is InChI=1S/C15H16F3NO3/c16-15(17,18)7-8-19(9-10-1-2-10)13(20)11-3-5-12(6-4-11)14(21)22/h3-6,10H,1-2,7-9H2,(H,21,22). The quantitative estimate of drug-likeness (QED) is 0.877. The highest BCUT2D eigenvalue weighted by molar-refractivity contribution is 5.95. The Morgan fingerprint density at radius 1 is 1.14 bits per heavy atom. The molecule has 7 heteroatoms. The highest BCUT2D eigenvalue weighted by Gasteiger charge is 2.32. The van der Waals surface area contributed by atoms with Crippen molar-refractivity contribution in [3.63, 3.8) is 0 Å². The fourth-order valence-electron chi connectivity index (χ4n) is 2.09. The van der Waals surface area contributed by atoms with Crippen molar-refractivity contribution < 1.29 is 27.9 Å². The van der Waals surface area contributed by atoms with Gasteiger partial charge < -0.3 is 10.0 Å². The number of carboxylic acid groups (broad SMARTS) is 1. The van der Waals surface area contributed by atoms with E-state index in [-0.39, 0.29) is 23.6 Å². The Morgan fingerprint density at radius 3 is 2.14 bits per heavy atom. The van der Waals surface area contributed by atoms with Crippen molar-refractivity contribution in [2.75, 3.05) is 13.1 Å². The second kappa shape index (κ2) is 6.37. The van der Waals surface area contributed by atoms with Crippen LogP contribution in [0.1, 0.15) is 40.0 Å². The van der Waals surface area contributed by atoms with Gasteiger partial charge in [-0.3, -0.25) is 4.79 Å². The fraction of sp³-hybridized carbons (Fsp3) is 0.467. The van der Waals surface area contributed by atoms with Crippen molar-refractivity contribution in [1.29, 1.82) is 0 Å². The van der Waals surface area contributed by atoms with E-state index >= 15 is 0 Å². The van der Waals surface area contributed by atoms with E-state index in [0.29, 0.717) is 6.54 Å². The first-order valence-corrected chi connectivity index (χ1v) is 6.95. The molecule has 0 saturated heterocycles. The molecule has 1 amide bonds. The molecule has 4 nitrogen and oxygen atoms in total. The van der Waals surface area contributed by atoms with Gasteiger partial charge in [-0.1, -0.05) is 0 Å². The predicted molar refractivity (Wildman–Crippen MR) is 72.7 cm³/mol. The van der Waals surface area contributed by atoms with Crippen LogP contribution in [0.25, 0.3) is 0 Å². The van der Waals surface area contributed by atoms with Crippen LogP contribution in [0.15, 0.2) is 24.3 Å². The zero-order chi connectivity index (χ0) is 16.3. The summed E-state index contributed by atoms with van der Waals surface area (Å²) >= 11 is 0. The summed E-state index contributed by atoms with van der Waals surface area (Å²) < 4.78 is 37.1. The lowest BCUT2D eigenvalue weighted by molar-refractivity contribution is -0.136. The molecule has 22 heavy (non-hydrogen) atoms. The number of benzene rings is 1. The molecule has 0 atom stereocenters. The second-order valence-electron chi connectivity index (χ2n) is 5.44. The first-order valence-electron chi connectivity index (χ1n) is 6.95. The molecule has 0 heterocycles. The molecule has 1 fully saturated rings. The largest absolute Gasteiger partial charge is 0.478 e. The maximum absolute atomic E-state index is 12.4. The SMILES string of the molecule is O=C(O)c1ccc(C(=O)N(CCC(F)(F)F)CC2CC2)cc1.